The first kappa shape index (κ1) is 23.5. The third-order valence-corrected chi connectivity index (χ3v) is 7.82. The number of halogens is 1. The molecule has 0 aromatic heterocycles. The lowest BCUT2D eigenvalue weighted by atomic mass is 9.74. The maximum atomic E-state index is 13.9. The number of aliphatic hydroxyl groups is 1. The monoisotopic (exact) mass is 462 g/mol. The smallest absolute Gasteiger partial charge is 0.138 e. The summed E-state index contributed by atoms with van der Waals surface area (Å²) < 4.78 is 19.4. The van der Waals surface area contributed by atoms with Gasteiger partial charge < -0.3 is 14.7 Å². The normalized spacial score (nSPS) is 26.5. The van der Waals surface area contributed by atoms with Crippen molar-refractivity contribution in [2.24, 2.45) is 5.92 Å². The highest BCUT2D eigenvalue weighted by molar-refractivity contribution is 5.44. The second kappa shape index (κ2) is 11.0. The summed E-state index contributed by atoms with van der Waals surface area (Å²) in [6.07, 6.45) is 4.76. The summed E-state index contributed by atoms with van der Waals surface area (Å²) in [6.45, 7) is 6.45. The molecule has 3 aliphatic heterocycles. The van der Waals surface area contributed by atoms with E-state index in [1.807, 2.05) is 12.1 Å². The van der Waals surface area contributed by atoms with Gasteiger partial charge in [0.1, 0.15) is 5.82 Å². The maximum Gasteiger partial charge on any atom is 0.138 e. The molecular formula is C29H35FN2O2. The summed E-state index contributed by atoms with van der Waals surface area (Å²) in [5.41, 5.74) is 2.56. The number of benzene rings is 2. The van der Waals surface area contributed by atoms with Gasteiger partial charge in [-0.3, -0.25) is 4.90 Å². The minimum Gasteiger partial charge on any atom is -0.395 e. The van der Waals surface area contributed by atoms with Gasteiger partial charge in [-0.2, -0.15) is 0 Å². The lowest BCUT2D eigenvalue weighted by Crippen LogP contribution is -2.67. The molecule has 3 heterocycles. The van der Waals surface area contributed by atoms with Gasteiger partial charge in [-0.15, -0.1) is 0 Å². The first-order valence-corrected chi connectivity index (χ1v) is 12.8. The van der Waals surface area contributed by atoms with Crippen LogP contribution in [0.1, 0.15) is 48.3 Å². The van der Waals surface area contributed by atoms with Crippen LogP contribution in [0.15, 0.2) is 48.5 Å². The van der Waals surface area contributed by atoms with Crippen LogP contribution in [0, 0.1) is 23.6 Å². The fraction of sp³-hybridized carbons (Fsp3) is 0.517. The van der Waals surface area contributed by atoms with E-state index in [4.69, 9.17) is 4.74 Å². The van der Waals surface area contributed by atoms with Crippen molar-refractivity contribution in [2.75, 3.05) is 46.0 Å². The van der Waals surface area contributed by atoms with E-state index in [9.17, 15) is 9.50 Å². The standard InChI is InChI=1S/C29H35FN2O2/c30-26-6-2-1-5-24(26)10-7-22-8-11-25(12-9-22)29-27-20-31(19-23-13-17-34-18-14-23)15-3-4-16-32(27)28(29)21-33/h1-2,5-6,8-9,11-12,23,27-29,33H,3-4,13-21H2/t27-,28-,29-/m1/s1. The third kappa shape index (κ3) is 5.21. The molecule has 0 radical (unpaired) electrons. The van der Waals surface area contributed by atoms with Gasteiger partial charge in [-0.25, -0.2) is 4.39 Å². The molecular weight excluding hydrogens is 427 g/mol. The average molecular weight is 463 g/mol. The largest absolute Gasteiger partial charge is 0.395 e. The van der Waals surface area contributed by atoms with Crippen LogP contribution in [0.3, 0.4) is 0 Å². The molecule has 4 nitrogen and oxygen atoms in total. The number of hydrogen-bond acceptors (Lipinski definition) is 4. The number of fused-ring (bicyclic) bond motifs is 1. The Morgan fingerprint density at radius 3 is 2.50 bits per heavy atom. The van der Waals surface area contributed by atoms with Crippen molar-refractivity contribution in [3.8, 4) is 11.8 Å². The predicted molar refractivity (Wildman–Crippen MR) is 132 cm³/mol. The number of ether oxygens (including phenoxy) is 1. The molecule has 3 aliphatic rings. The Morgan fingerprint density at radius 2 is 1.74 bits per heavy atom. The molecule has 3 saturated heterocycles. The molecule has 0 saturated carbocycles. The van der Waals surface area contributed by atoms with Crippen LogP contribution in [0.25, 0.3) is 0 Å². The highest BCUT2D eigenvalue weighted by Gasteiger charge is 2.49. The minimum atomic E-state index is -0.290. The van der Waals surface area contributed by atoms with Gasteiger partial charge in [0.15, 0.2) is 0 Å². The molecule has 0 unspecified atom stereocenters. The van der Waals surface area contributed by atoms with Gasteiger partial charge in [0.25, 0.3) is 0 Å². The fourth-order valence-electron chi connectivity index (χ4n) is 5.96. The quantitative estimate of drug-likeness (QED) is 0.700. The Hall–Kier alpha value is -2.23. The van der Waals surface area contributed by atoms with Gasteiger partial charge in [0, 0.05) is 49.9 Å². The van der Waals surface area contributed by atoms with Crippen LogP contribution in [0.4, 0.5) is 4.39 Å². The van der Waals surface area contributed by atoms with Crippen LogP contribution >= 0.6 is 0 Å². The molecule has 3 atom stereocenters. The number of hydrogen-bond donors (Lipinski definition) is 1. The molecule has 0 aliphatic carbocycles. The molecule has 0 bridgehead atoms. The molecule has 2 aromatic carbocycles. The zero-order valence-corrected chi connectivity index (χ0v) is 19.8. The molecule has 5 heteroatoms. The Bertz CT molecular complexity index is 1010. The van der Waals surface area contributed by atoms with E-state index in [0.29, 0.717) is 17.5 Å². The van der Waals surface area contributed by atoms with Crippen molar-refractivity contribution in [3.05, 3.63) is 71.0 Å². The molecule has 0 spiro atoms. The highest BCUT2D eigenvalue weighted by Crippen LogP contribution is 2.42. The Balaban J connectivity index is 1.30. The second-order valence-electron chi connectivity index (χ2n) is 9.96. The first-order valence-electron chi connectivity index (χ1n) is 12.8. The predicted octanol–water partition coefficient (Wildman–Crippen LogP) is 3.88. The van der Waals surface area contributed by atoms with Gasteiger partial charge in [0.2, 0.25) is 0 Å². The molecule has 0 amide bonds. The van der Waals surface area contributed by atoms with E-state index < -0.39 is 0 Å². The number of rotatable bonds is 4. The van der Waals surface area contributed by atoms with Crippen LogP contribution in [-0.4, -0.2) is 73.0 Å². The average Bonchev–Trinajstić information content (AvgIpc) is 2.85. The van der Waals surface area contributed by atoms with Crippen molar-refractivity contribution in [1.82, 2.24) is 9.80 Å². The summed E-state index contributed by atoms with van der Waals surface area (Å²) in [5, 5.41) is 10.2. The lowest BCUT2D eigenvalue weighted by Gasteiger charge is -2.57. The molecule has 5 rings (SSSR count). The number of aliphatic hydroxyl groups excluding tert-OH is 1. The lowest BCUT2D eigenvalue weighted by molar-refractivity contribution is -0.0677. The summed E-state index contributed by atoms with van der Waals surface area (Å²) in [6, 6.07) is 15.6. The Kier molecular flexibility index (Phi) is 7.61. The van der Waals surface area contributed by atoms with Crippen molar-refractivity contribution in [3.63, 3.8) is 0 Å². The first-order chi connectivity index (χ1) is 16.7. The van der Waals surface area contributed by atoms with E-state index >= 15 is 0 Å². The van der Waals surface area contributed by atoms with E-state index in [2.05, 4.69) is 33.8 Å². The van der Waals surface area contributed by atoms with Crippen LogP contribution < -0.4 is 0 Å². The summed E-state index contributed by atoms with van der Waals surface area (Å²) in [4.78, 5) is 5.20. The molecule has 34 heavy (non-hydrogen) atoms. The highest BCUT2D eigenvalue weighted by atomic mass is 19.1. The summed E-state index contributed by atoms with van der Waals surface area (Å²) >= 11 is 0. The fourth-order valence-corrected chi connectivity index (χ4v) is 5.96. The second-order valence-corrected chi connectivity index (χ2v) is 9.96. The molecule has 2 aromatic rings. The molecule has 3 fully saturated rings. The van der Waals surface area contributed by atoms with Crippen LogP contribution in [-0.2, 0) is 4.74 Å². The zero-order valence-electron chi connectivity index (χ0n) is 19.8. The number of nitrogens with zero attached hydrogens (tertiary/aromatic N) is 2. The van der Waals surface area contributed by atoms with Crippen molar-refractivity contribution < 1.29 is 14.2 Å². The summed E-state index contributed by atoms with van der Waals surface area (Å²) in [7, 11) is 0. The van der Waals surface area contributed by atoms with Crippen molar-refractivity contribution in [2.45, 2.75) is 43.7 Å². The SMILES string of the molecule is OC[C@@H]1[C@H](c2ccc(C#Cc3ccccc3F)cc2)[C@H]2CN(CC3CCOCC3)CCCCN12. The van der Waals surface area contributed by atoms with Crippen LogP contribution in [0.2, 0.25) is 0 Å². The van der Waals surface area contributed by atoms with Gasteiger partial charge in [-0.05, 0) is 74.5 Å². The topological polar surface area (TPSA) is 35.9 Å². The van der Waals surface area contributed by atoms with Gasteiger partial charge in [0.05, 0.1) is 12.2 Å². The molecule has 180 valence electrons. The Labute approximate surface area is 202 Å². The van der Waals surface area contributed by atoms with E-state index in [-0.39, 0.29) is 18.5 Å². The van der Waals surface area contributed by atoms with Gasteiger partial charge in [-0.1, -0.05) is 36.1 Å². The maximum absolute atomic E-state index is 13.9. The van der Waals surface area contributed by atoms with E-state index in [1.54, 1.807) is 18.2 Å². The third-order valence-electron chi connectivity index (χ3n) is 7.82. The molecule has 1 N–H and O–H groups in total. The van der Waals surface area contributed by atoms with Crippen molar-refractivity contribution >= 4 is 0 Å². The van der Waals surface area contributed by atoms with E-state index in [1.165, 1.54) is 43.9 Å². The Morgan fingerprint density at radius 1 is 0.971 bits per heavy atom. The van der Waals surface area contributed by atoms with Crippen molar-refractivity contribution in [1.29, 1.82) is 0 Å². The zero-order chi connectivity index (χ0) is 23.3. The minimum absolute atomic E-state index is 0.184. The van der Waals surface area contributed by atoms with Crippen LogP contribution in [0.5, 0.6) is 0 Å². The summed E-state index contributed by atoms with van der Waals surface area (Å²) in [5.74, 6) is 6.80. The van der Waals surface area contributed by atoms with Gasteiger partial charge >= 0.3 is 0 Å². The van der Waals surface area contributed by atoms with E-state index in [0.717, 1.165) is 44.3 Å².